The molecule has 0 aliphatic carbocycles. The molecule has 0 saturated heterocycles. The van der Waals surface area contributed by atoms with Crippen LogP contribution in [0.4, 0.5) is 34.1 Å². The second-order valence-corrected chi connectivity index (χ2v) is 29.5. The van der Waals surface area contributed by atoms with Gasteiger partial charge in [0.2, 0.25) is 0 Å². The summed E-state index contributed by atoms with van der Waals surface area (Å²) in [5.74, 6) is 0. The summed E-state index contributed by atoms with van der Waals surface area (Å²) >= 11 is 5.70. The third-order valence-corrected chi connectivity index (χ3v) is 19.2. The monoisotopic (exact) mass is 950 g/mol. The summed E-state index contributed by atoms with van der Waals surface area (Å²) in [6, 6.07) is 67.5. The molecule has 12 aromatic rings. The predicted octanol–water partition coefficient (Wildman–Crippen LogP) is 19.6. The average Bonchev–Trinajstić information content (AvgIpc) is 3.91. The quantitative estimate of drug-likeness (QED) is 0.0809. The van der Waals surface area contributed by atoms with E-state index >= 15 is 0 Å². The van der Waals surface area contributed by atoms with Crippen LogP contribution in [0.5, 0.6) is 0 Å². The second kappa shape index (κ2) is 16.2. The lowest BCUT2D eigenvalue weighted by atomic mass is 9.83. The van der Waals surface area contributed by atoms with Gasteiger partial charge in [0.05, 0.1) is 40.2 Å². The first-order chi connectivity index (χ1) is 32.8. The van der Waals surface area contributed by atoms with E-state index in [1.807, 2.05) is 34.4 Å². The molecule has 0 aliphatic rings. The molecule has 12 rings (SSSR count). The molecule has 0 unspecified atom stereocenters. The van der Waals surface area contributed by atoms with Crippen LogP contribution in [0.15, 0.2) is 181 Å². The molecular formula is C62H54N2S3Si. The predicted molar refractivity (Wildman–Crippen MR) is 308 cm³/mol. The lowest BCUT2D eigenvalue weighted by molar-refractivity contribution is 0.591. The first kappa shape index (κ1) is 43.1. The zero-order valence-corrected chi connectivity index (χ0v) is 43.4. The highest BCUT2D eigenvalue weighted by molar-refractivity contribution is 7.99. The molecule has 2 nitrogen and oxygen atoms in total. The topological polar surface area (TPSA) is 6.48 Å². The molecule has 0 N–H and O–H groups in total. The fraction of sp³-hybridized carbons (Fsp3) is 0.161. The van der Waals surface area contributed by atoms with Crippen LogP contribution in [0.3, 0.4) is 0 Å². The molecule has 10 aromatic carbocycles. The van der Waals surface area contributed by atoms with Crippen molar-refractivity contribution < 1.29 is 0 Å². The summed E-state index contributed by atoms with van der Waals surface area (Å²) in [5, 5.41) is 14.7. The zero-order chi connectivity index (χ0) is 46.6. The smallest absolute Gasteiger partial charge is 0.0775 e. The minimum absolute atomic E-state index is 0.00231. The molecule has 2 heterocycles. The molecule has 0 aliphatic heterocycles. The first-order valence-electron chi connectivity index (χ1n) is 23.8. The van der Waals surface area contributed by atoms with Crippen molar-refractivity contribution >= 4 is 154 Å². The van der Waals surface area contributed by atoms with Gasteiger partial charge in [-0.2, -0.15) is 0 Å². The Hall–Kier alpha value is -6.15. The van der Waals surface area contributed by atoms with E-state index in [0.717, 1.165) is 22.7 Å². The van der Waals surface area contributed by atoms with E-state index in [1.165, 1.54) is 99.7 Å². The van der Waals surface area contributed by atoms with Gasteiger partial charge in [-0.3, -0.25) is 0 Å². The third-order valence-electron chi connectivity index (χ3n) is 13.7. The van der Waals surface area contributed by atoms with E-state index in [4.69, 9.17) is 0 Å². The van der Waals surface area contributed by atoms with Crippen molar-refractivity contribution in [3.05, 3.63) is 181 Å². The fourth-order valence-corrected chi connectivity index (χ4v) is 14.8. The summed E-state index contributed by atoms with van der Waals surface area (Å²) in [6.45, 7) is 18.8. The van der Waals surface area contributed by atoms with Gasteiger partial charge in [-0.15, -0.1) is 34.4 Å². The Morgan fingerprint density at radius 2 is 0.926 bits per heavy atom. The Kier molecular flexibility index (Phi) is 10.3. The van der Waals surface area contributed by atoms with Crippen molar-refractivity contribution in [3.63, 3.8) is 0 Å². The van der Waals surface area contributed by atoms with E-state index < -0.39 is 8.07 Å². The van der Waals surface area contributed by atoms with Crippen molar-refractivity contribution in [2.45, 2.75) is 69.8 Å². The summed E-state index contributed by atoms with van der Waals surface area (Å²) in [7, 11) is -1.59. The van der Waals surface area contributed by atoms with E-state index in [0.29, 0.717) is 5.25 Å². The molecular weight excluding hydrogens is 897 g/mol. The van der Waals surface area contributed by atoms with Crippen LogP contribution in [0.1, 0.15) is 40.2 Å². The Morgan fingerprint density at radius 1 is 0.456 bits per heavy atom. The maximum absolute atomic E-state index is 2.59. The number of anilines is 6. The molecule has 6 heteroatoms. The van der Waals surface area contributed by atoms with Crippen LogP contribution in [0.25, 0.3) is 72.7 Å². The Morgan fingerprint density at radius 3 is 1.40 bits per heavy atom. The zero-order valence-electron chi connectivity index (χ0n) is 39.9. The van der Waals surface area contributed by atoms with Crippen molar-refractivity contribution in [1.29, 1.82) is 0 Å². The Bertz CT molecular complexity index is 3870. The van der Waals surface area contributed by atoms with Gasteiger partial charge in [0.15, 0.2) is 0 Å². The third kappa shape index (κ3) is 7.18. The Balaban J connectivity index is 1.23. The maximum Gasteiger partial charge on any atom is 0.0775 e. The molecule has 0 amide bonds. The number of thiophene rings is 2. The number of thioether (sulfide) groups is 1. The maximum atomic E-state index is 2.59. The lowest BCUT2D eigenvalue weighted by Gasteiger charge is -2.33. The van der Waals surface area contributed by atoms with Crippen LogP contribution >= 0.6 is 34.4 Å². The molecule has 0 fully saturated rings. The van der Waals surface area contributed by atoms with Crippen molar-refractivity contribution in [2.24, 2.45) is 0 Å². The van der Waals surface area contributed by atoms with Gasteiger partial charge in [-0.25, -0.2) is 0 Å². The number of hydrogen-bond acceptors (Lipinski definition) is 5. The van der Waals surface area contributed by atoms with E-state index in [1.54, 1.807) is 0 Å². The van der Waals surface area contributed by atoms with Gasteiger partial charge in [-0.1, -0.05) is 169 Å². The number of benzene rings is 10. The van der Waals surface area contributed by atoms with Crippen molar-refractivity contribution in [1.82, 2.24) is 0 Å². The van der Waals surface area contributed by atoms with Crippen LogP contribution < -0.4 is 15.0 Å². The van der Waals surface area contributed by atoms with Gasteiger partial charge >= 0.3 is 0 Å². The van der Waals surface area contributed by atoms with E-state index in [9.17, 15) is 0 Å². The SMILES string of the molecule is CC(C)Sc1ccc(N(c2cc(N(c3ccc([Si](C)(C)C)cc3)c3cccc4c3sc3ccccc34)c3ccc4cc(C(C)(C)C)cc5ccc2c3c54)c2cccc3c2sc2ccccc23)cc1. The number of hydrogen-bond donors (Lipinski definition) is 0. The molecule has 0 saturated carbocycles. The highest BCUT2D eigenvalue weighted by Gasteiger charge is 2.28. The van der Waals surface area contributed by atoms with Gasteiger partial charge in [0, 0.05) is 68.6 Å². The highest BCUT2D eigenvalue weighted by Crippen LogP contribution is 2.54. The van der Waals surface area contributed by atoms with Crippen LogP contribution in [0, 0.1) is 0 Å². The van der Waals surface area contributed by atoms with Gasteiger partial charge in [0.25, 0.3) is 0 Å². The molecule has 334 valence electrons. The lowest BCUT2D eigenvalue weighted by Crippen LogP contribution is -2.37. The minimum atomic E-state index is -1.59. The first-order valence-corrected chi connectivity index (χ1v) is 29.9. The van der Waals surface area contributed by atoms with Crippen LogP contribution in [-0.4, -0.2) is 13.3 Å². The summed E-state index contributed by atoms with van der Waals surface area (Å²) in [4.78, 5) is 6.44. The summed E-state index contributed by atoms with van der Waals surface area (Å²) in [5.41, 5.74) is 8.33. The number of nitrogens with zero attached hydrogens (tertiary/aromatic N) is 2. The standard InChI is InChI=1S/C62H54N2S3Si/c1-38(2)65-44-29-25-42(26-30-44)63(52-19-13-17-48-46-15-9-11-21-56(46)66-60(48)52)54-37-55(51-34-24-40-36-41(62(3,4)5)35-39-23-33-50(54)59(51)58(39)40)64(43-27-31-45(32-28-43)68(6,7)8)53-20-14-18-49-47-16-10-12-22-57(47)67-61(49)53/h9-38H,1-8H3. The fourth-order valence-electron chi connectivity index (χ4n) is 10.4. The van der Waals surface area contributed by atoms with Crippen LogP contribution in [-0.2, 0) is 5.41 Å². The minimum Gasteiger partial charge on any atom is -0.308 e. The molecule has 2 aromatic heterocycles. The summed E-state index contributed by atoms with van der Waals surface area (Å²) < 4.78 is 5.17. The van der Waals surface area contributed by atoms with Crippen molar-refractivity contribution in [3.8, 4) is 0 Å². The van der Waals surface area contributed by atoms with Crippen molar-refractivity contribution in [2.75, 3.05) is 9.80 Å². The molecule has 0 spiro atoms. The molecule has 0 bridgehead atoms. The van der Waals surface area contributed by atoms with Gasteiger partial charge in [-0.05, 0) is 93.9 Å². The second-order valence-electron chi connectivity index (χ2n) is 20.7. The Labute approximate surface area is 412 Å². The molecule has 0 radical (unpaired) electrons. The van der Waals surface area contributed by atoms with E-state index in [2.05, 4.69) is 240 Å². The summed E-state index contributed by atoms with van der Waals surface area (Å²) in [6.07, 6.45) is 0. The molecule has 68 heavy (non-hydrogen) atoms. The van der Waals surface area contributed by atoms with Gasteiger partial charge < -0.3 is 9.80 Å². The highest BCUT2D eigenvalue weighted by atomic mass is 32.2. The molecule has 0 atom stereocenters. The number of rotatable bonds is 9. The van der Waals surface area contributed by atoms with E-state index in [-0.39, 0.29) is 5.41 Å². The number of fused-ring (bicyclic) bond motifs is 6. The van der Waals surface area contributed by atoms with Gasteiger partial charge in [0.1, 0.15) is 0 Å². The average molecular weight is 951 g/mol. The van der Waals surface area contributed by atoms with Crippen LogP contribution in [0.2, 0.25) is 19.6 Å². The normalized spacial score (nSPS) is 12.6. The largest absolute Gasteiger partial charge is 0.308 e.